The Balaban J connectivity index is 1.72. The van der Waals surface area contributed by atoms with E-state index in [0.29, 0.717) is 32.8 Å². The summed E-state index contributed by atoms with van der Waals surface area (Å²) in [5.41, 5.74) is 2.32. The predicted molar refractivity (Wildman–Crippen MR) is 119 cm³/mol. The molecule has 1 fully saturated rings. The molecule has 0 aromatic heterocycles. The van der Waals surface area contributed by atoms with E-state index in [-0.39, 0.29) is 24.1 Å². The molecule has 0 unspecified atom stereocenters. The normalized spacial score (nSPS) is 15.1. The number of ether oxygens (including phenoxy) is 1. The third-order valence-electron chi connectivity index (χ3n) is 4.18. The SMILES string of the molecule is CCOc1cc(/C=C2\SC(=S)N(CC(=O)Nc3ccccc3C)C2=O)ccc1O. The molecule has 3 rings (SSSR count). The van der Waals surface area contributed by atoms with Gasteiger partial charge >= 0.3 is 0 Å². The van der Waals surface area contributed by atoms with Gasteiger partial charge in [-0.2, -0.15) is 0 Å². The van der Waals surface area contributed by atoms with Crippen molar-refractivity contribution in [1.82, 2.24) is 4.90 Å². The third kappa shape index (κ3) is 4.96. The number of carbonyl (C=O) groups is 2. The molecule has 1 aliphatic rings. The molecule has 150 valence electrons. The largest absolute Gasteiger partial charge is 0.504 e. The highest BCUT2D eigenvalue weighted by Gasteiger charge is 2.33. The van der Waals surface area contributed by atoms with Crippen LogP contribution >= 0.6 is 24.0 Å². The summed E-state index contributed by atoms with van der Waals surface area (Å²) >= 11 is 6.43. The van der Waals surface area contributed by atoms with E-state index >= 15 is 0 Å². The topological polar surface area (TPSA) is 78.9 Å². The summed E-state index contributed by atoms with van der Waals surface area (Å²) < 4.78 is 5.69. The molecule has 2 amide bonds. The van der Waals surface area contributed by atoms with Crippen LogP contribution in [0.4, 0.5) is 5.69 Å². The van der Waals surface area contributed by atoms with Crippen LogP contribution in [0.1, 0.15) is 18.1 Å². The van der Waals surface area contributed by atoms with Crippen molar-refractivity contribution in [3.8, 4) is 11.5 Å². The van der Waals surface area contributed by atoms with Crippen molar-refractivity contribution < 1.29 is 19.4 Å². The lowest BCUT2D eigenvalue weighted by atomic mass is 10.2. The average molecular weight is 429 g/mol. The molecule has 0 radical (unpaired) electrons. The van der Waals surface area contributed by atoms with Gasteiger partial charge in [-0.15, -0.1) is 0 Å². The number of anilines is 1. The van der Waals surface area contributed by atoms with E-state index in [1.165, 1.54) is 11.0 Å². The molecule has 2 aromatic rings. The Kier molecular flexibility index (Phi) is 6.56. The number of hydrogen-bond acceptors (Lipinski definition) is 6. The number of rotatable bonds is 6. The summed E-state index contributed by atoms with van der Waals surface area (Å²) in [5, 5.41) is 12.6. The maximum Gasteiger partial charge on any atom is 0.266 e. The molecule has 0 spiro atoms. The molecule has 1 aliphatic heterocycles. The van der Waals surface area contributed by atoms with Crippen molar-refractivity contribution in [2.24, 2.45) is 0 Å². The van der Waals surface area contributed by atoms with Crippen LogP contribution in [0, 0.1) is 6.92 Å². The Hall–Kier alpha value is -2.84. The Bertz CT molecular complexity index is 1000. The van der Waals surface area contributed by atoms with Gasteiger partial charge in [0.15, 0.2) is 11.5 Å². The van der Waals surface area contributed by atoms with E-state index in [0.717, 1.165) is 17.3 Å². The summed E-state index contributed by atoms with van der Waals surface area (Å²) in [6.07, 6.45) is 1.67. The minimum atomic E-state index is -0.328. The van der Waals surface area contributed by atoms with Crippen molar-refractivity contribution in [2.75, 3.05) is 18.5 Å². The zero-order chi connectivity index (χ0) is 21.0. The van der Waals surface area contributed by atoms with Gasteiger partial charge in [-0.1, -0.05) is 48.2 Å². The second-order valence-corrected chi connectivity index (χ2v) is 7.97. The molecule has 0 atom stereocenters. The lowest BCUT2D eigenvalue weighted by molar-refractivity contribution is -0.126. The molecule has 0 saturated carbocycles. The van der Waals surface area contributed by atoms with Crippen LogP contribution in [0.2, 0.25) is 0 Å². The number of aromatic hydroxyl groups is 1. The maximum absolute atomic E-state index is 12.7. The molecule has 2 N–H and O–H groups in total. The minimum Gasteiger partial charge on any atom is -0.504 e. The Morgan fingerprint density at radius 1 is 1.31 bits per heavy atom. The number of nitrogens with one attached hydrogen (secondary N) is 1. The highest BCUT2D eigenvalue weighted by molar-refractivity contribution is 8.26. The molecule has 29 heavy (non-hydrogen) atoms. The van der Waals surface area contributed by atoms with Gasteiger partial charge in [0.1, 0.15) is 10.9 Å². The number of nitrogens with zero attached hydrogens (tertiary/aromatic N) is 1. The molecule has 0 aliphatic carbocycles. The number of phenolic OH excluding ortho intramolecular Hbond substituents is 1. The first kappa shape index (κ1) is 20.9. The summed E-state index contributed by atoms with van der Waals surface area (Å²) in [7, 11) is 0. The second kappa shape index (κ2) is 9.11. The van der Waals surface area contributed by atoms with Crippen LogP contribution in [0.5, 0.6) is 11.5 Å². The molecule has 6 nitrogen and oxygen atoms in total. The summed E-state index contributed by atoms with van der Waals surface area (Å²) in [6.45, 7) is 3.97. The Morgan fingerprint density at radius 3 is 2.79 bits per heavy atom. The van der Waals surface area contributed by atoms with E-state index in [1.54, 1.807) is 24.3 Å². The number of para-hydroxylation sites is 1. The fraction of sp³-hybridized carbons (Fsp3) is 0.190. The van der Waals surface area contributed by atoms with E-state index < -0.39 is 0 Å². The van der Waals surface area contributed by atoms with Crippen LogP contribution in [0.25, 0.3) is 6.08 Å². The fourth-order valence-corrected chi connectivity index (χ4v) is 3.98. The third-order valence-corrected chi connectivity index (χ3v) is 5.55. The molecule has 2 aromatic carbocycles. The zero-order valence-electron chi connectivity index (χ0n) is 16.0. The Labute approximate surface area is 178 Å². The first-order valence-corrected chi connectivity index (χ1v) is 10.2. The van der Waals surface area contributed by atoms with Gasteiger partial charge in [0.2, 0.25) is 5.91 Å². The van der Waals surface area contributed by atoms with Gasteiger partial charge < -0.3 is 15.2 Å². The monoisotopic (exact) mass is 428 g/mol. The molecule has 1 heterocycles. The van der Waals surface area contributed by atoms with Gasteiger partial charge in [0, 0.05) is 5.69 Å². The second-order valence-electron chi connectivity index (χ2n) is 6.29. The number of aryl methyl sites for hydroxylation is 1. The predicted octanol–water partition coefficient (Wildman–Crippen LogP) is 3.94. The van der Waals surface area contributed by atoms with Crippen LogP contribution in [0.3, 0.4) is 0 Å². The Morgan fingerprint density at radius 2 is 2.07 bits per heavy atom. The van der Waals surface area contributed by atoms with Gasteiger partial charge in [0.25, 0.3) is 5.91 Å². The number of thiocarbonyl (C=S) groups is 1. The minimum absolute atomic E-state index is 0.0319. The molecule has 1 saturated heterocycles. The number of hydrogen-bond donors (Lipinski definition) is 2. The van der Waals surface area contributed by atoms with Crippen LogP contribution in [-0.4, -0.2) is 39.3 Å². The van der Waals surface area contributed by atoms with Crippen molar-refractivity contribution in [2.45, 2.75) is 13.8 Å². The summed E-state index contributed by atoms with van der Waals surface area (Å²) in [5.74, 6) is -0.273. The number of amides is 2. The van der Waals surface area contributed by atoms with E-state index in [4.69, 9.17) is 17.0 Å². The van der Waals surface area contributed by atoms with Crippen LogP contribution in [-0.2, 0) is 9.59 Å². The highest BCUT2D eigenvalue weighted by atomic mass is 32.2. The van der Waals surface area contributed by atoms with Crippen molar-refractivity contribution in [3.63, 3.8) is 0 Å². The molecular formula is C21H20N2O4S2. The average Bonchev–Trinajstić information content (AvgIpc) is 2.94. The molecular weight excluding hydrogens is 408 g/mol. The fourth-order valence-electron chi connectivity index (χ4n) is 2.73. The van der Waals surface area contributed by atoms with Crippen LogP contribution < -0.4 is 10.1 Å². The van der Waals surface area contributed by atoms with Crippen molar-refractivity contribution in [3.05, 3.63) is 58.5 Å². The lowest BCUT2D eigenvalue weighted by Crippen LogP contribution is -2.36. The maximum atomic E-state index is 12.7. The van der Waals surface area contributed by atoms with Gasteiger partial charge in [-0.3, -0.25) is 14.5 Å². The highest BCUT2D eigenvalue weighted by Crippen LogP contribution is 2.34. The molecule has 0 bridgehead atoms. The van der Waals surface area contributed by atoms with Gasteiger partial charge in [-0.05, 0) is 49.2 Å². The van der Waals surface area contributed by atoms with E-state index in [1.807, 2.05) is 32.0 Å². The number of carbonyl (C=O) groups excluding carboxylic acids is 2. The first-order valence-electron chi connectivity index (χ1n) is 8.95. The first-order chi connectivity index (χ1) is 13.9. The molecule has 8 heteroatoms. The summed E-state index contributed by atoms with van der Waals surface area (Å²) in [6, 6.07) is 12.3. The number of benzene rings is 2. The standard InChI is InChI=1S/C21H20N2O4S2/c1-3-27-17-10-14(8-9-16(17)24)11-18-20(26)23(21(28)29-18)12-19(25)22-15-7-5-4-6-13(15)2/h4-11,24H,3,12H2,1-2H3,(H,22,25)/b18-11-. The van der Waals surface area contributed by atoms with Crippen LogP contribution in [0.15, 0.2) is 47.4 Å². The van der Waals surface area contributed by atoms with Crippen molar-refractivity contribution >= 4 is 51.9 Å². The van der Waals surface area contributed by atoms with Gasteiger partial charge in [0.05, 0.1) is 11.5 Å². The zero-order valence-corrected chi connectivity index (χ0v) is 17.6. The van der Waals surface area contributed by atoms with Gasteiger partial charge in [-0.25, -0.2) is 0 Å². The van der Waals surface area contributed by atoms with E-state index in [2.05, 4.69) is 5.32 Å². The lowest BCUT2D eigenvalue weighted by Gasteiger charge is -2.15. The number of thioether (sulfide) groups is 1. The quantitative estimate of drug-likeness (QED) is 0.536. The van der Waals surface area contributed by atoms with Crippen molar-refractivity contribution in [1.29, 1.82) is 0 Å². The number of phenols is 1. The summed E-state index contributed by atoms with van der Waals surface area (Å²) in [4.78, 5) is 26.8. The van der Waals surface area contributed by atoms with E-state index in [9.17, 15) is 14.7 Å². The smallest absolute Gasteiger partial charge is 0.266 e.